The molecule has 2 atom stereocenters. The molecule has 1 amide bonds. The molecule has 2 N–H and O–H groups in total. The topological polar surface area (TPSA) is 135 Å². The summed E-state index contributed by atoms with van der Waals surface area (Å²) < 4.78 is 25.6. The minimum atomic E-state index is -0.667. The Bertz CT molecular complexity index is 1460. The third kappa shape index (κ3) is 4.60. The number of morpholine rings is 1. The number of aryl methyl sites for hydroxylation is 3. The Morgan fingerprint density at radius 2 is 1.89 bits per heavy atom. The van der Waals surface area contributed by atoms with Gasteiger partial charge in [-0.2, -0.15) is 10.2 Å². The van der Waals surface area contributed by atoms with Gasteiger partial charge in [0, 0.05) is 38.6 Å². The van der Waals surface area contributed by atoms with E-state index < -0.39 is 11.7 Å². The zero-order chi connectivity index (χ0) is 26.4. The third-order valence-corrected chi connectivity index (χ3v) is 6.56. The van der Waals surface area contributed by atoms with Crippen molar-refractivity contribution in [2.75, 3.05) is 19.6 Å². The van der Waals surface area contributed by atoms with Crippen molar-refractivity contribution in [1.82, 2.24) is 44.2 Å². The summed E-state index contributed by atoms with van der Waals surface area (Å²) >= 11 is 0. The average molecular weight is 511 g/mol. The molecule has 1 aliphatic heterocycles. The predicted octanol–water partition coefficient (Wildman–Crippen LogP) is 1.77. The lowest BCUT2D eigenvalue weighted by atomic mass is 10.2. The van der Waals surface area contributed by atoms with Crippen LogP contribution in [-0.4, -0.2) is 82.0 Å². The molecule has 0 radical (unpaired) electrons. The van der Waals surface area contributed by atoms with E-state index in [9.17, 15) is 9.18 Å². The van der Waals surface area contributed by atoms with E-state index in [-0.39, 0.29) is 35.1 Å². The fraction of sp³-hybridized carbons (Fsp3) is 0.500. The lowest BCUT2D eigenvalue weighted by molar-refractivity contribution is -0.0686. The number of fused-ring (bicyclic) bond motifs is 1. The van der Waals surface area contributed by atoms with Crippen molar-refractivity contribution in [3.63, 3.8) is 0 Å². The van der Waals surface area contributed by atoms with Crippen LogP contribution in [0.25, 0.3) is 33.9 Å². The van der Waals surface area contributed by atoms with Crippen LogP contribution in [0.5, 0.6) is 0 Å². The number of carbonyl (C=O) groups excluding carboxylic acids is 1. The summed E-state index contributed by atoms with van der Waals surface area (Å²) in [5, 5.41) is 13.9. The third-order valence-electron chi connectivity index (χ3n) is 6.56. The number of pyridine rings is 1. The lowest BCUT2D eigenvalue weighted by Gasteiger charge is -2.35. The van der Waals surface area contributed by atoms with Gasteiger partial charge in [-0.05, 0) is 33.8 Å². The highest BCUT2D eigenvalue weighted by Crippen LogP contribution is 2.29. The standard InChI is InChI=1S/C24H31FN10O2/c1-6-34-21(19(25)15(4)30-34)23-29-24(32(5)31-23)20-16-10-27-35(18(16)9-17(28-20)22(26)36)8-7-33-11-13(2)37-14(3)12-33/h9-10,13-14H,6-8,11-12H2,1-5H3,(H2,26,36)/t13-,14+. The maximum atomic E-state index is 14.9. The van der Waals surface area contributed by atoms with Gasteiger partial charge in [0.25, 0.3) is 5.91 Å². The molecule has 0 unspecified atom stereocenters. The molecule has 1 fully saturated rings. The SMILES string of the molecule is CCn1nc(C)c(F)c1-c1nc(-c2nc(C(N)=O)cc3c2cnn3CCN2C[C@@H](C)O[C@@H](C)C2)n(C)n1. The number of aromatic nitrogens is 8. The smallest absolute Gasteiger partial charge is 0.267 e. The quantitative estimate of drug-likeness (QED) is 0.397. The molecule has 5 heterocycles. The van der Waals surface area contributed by atoms with Gasteiger partial charge in [0.15, 0.2) is 11.6 Å². The first-order valence-corrected chi connectivity index (χ1v) is 12.3. The van der Waals surface area contributed by atoms with Crippen molar-refractivity contribution < 1.29 is 13.9 Å². The minimum Gasteiger partial charge on any atom is -0.373 e. The zero-order valence-electron chi connectivity index (χ0n) is 21.6. The molecule has 0 bridgehead atoms. The molecule has 196 valence electrons. The number of halogens is 1. The Morgan fingerprint density at radius 1 is 1.16 bits per heavy atom. The molecule has 4 aromatic rings. The molecule has 1 saturated heterocycles. The van der Waals surface area contributed by atoms with E-state index in [1.54, 1.807) is 26.2 Å². The summed E-state index contributed by atoms with van der Waals surface area (Å²) in [5.41, 5.74) is 7.29. The number of ether oxygens (including phenoxy) is 1. The van der Waals surface area contributed by atoms with Gasteiger partial charge in [0.1, 0.15) is 17.1 Å². The highest BCUT2D eigenvalue weighted by Gasteiger charge is 2.25. The molecule has 0 aliphatic carbocycles. The van der Waals surface area contributed by atoms with Gasteiger partial charge in [-0.15, -0.1) is 5.10 Å². The Morgan fingerprint density at radius 3 is 2.57 bits per heavy atom. The first-order chi connectivity index (χ1) is 17.7. The monoisotopic (exact) mass is 510 g/mol. The molecule has 4 aromatic heterocycles. The zero-order valence-corrected chi connectivity index (χ0v) is 21.6. The van der Waals surface area contributed by atoms with E-state index in [2.05, 4.69) is 44.0 Å². The molecule has 1 aliphatic rings. The second-order valence-electron chi connectivity index (χ2n) is 9.48. The molecule has 13 heteroatoms. The van der Waals surface area contributed by atoms with Crippen molar-refractivity contribution in [3.8, 4) is 23.0 Å². The molecule has 0 saturated carbocycles. The number of amides is 1. The maximum Gasteiger partial charge on any atom is 0.267 e. The van der Waals surface area contributed by atoms with Gasteiger partial charge < -0.3 is 10.5 Å². The summed E-state index contributed by atoms with van der Waals surface area (Å²) in [7, 11) is 1.69. The van der Waals surface area contributed by atoms with Gasteiger partial charge in [-0.3, -0.25) is 19.1 Å². The molecular formula is C24H31FN10O2. The average Bonchev–Trinajstić information content (AvgIpc) is 3.51. The van der Waals surface area contributed by atoms with E-state index in [4.69, 9.17) is 10.5 Å². The van der Waals surface area contributed by atoms with Crippen LogP contribution >= 0.6 is 0 Å². The Labute approximate surface area is 213 Å². The van der Waals surface area contributed by atoms with Gasteiger partial charge in [0.05, 0.1) is 36.2 Å². The molecule has 0 spiro atoms. The van der Waals surface area contributed by atoms with E-state index in [0.29, 0.717) is 35.5 Å². The summed E-state index contributed by atoms with van der Waals surface area (Å²) in [4.78, 5) is 23.6. The Kier molecular flexibility index (Phi) is 6.50. The molecule has 37 heavy (non-hydrogen) atoms. The van der Waals surface area contributed by atoms with Crippen molar-refractivity contribution >= 4 is 16.8 Å². The summed E-state index contributed by atoms with van der Waals surface area (Å²) in [6.07, 6.45) is 2.03. The van der Waals surface area contributed by atoms with Crippen LogP contribution in [0.4, 0.5) is 4.39 Å². The van der Waals surface area contributed by atoms with Crippen LogP contribution in [0.2, 0.25) is 0 Å². The number of hydrogen-bond donors (Lipinski definition) is 1. The summed E-state index contributed by atoms with van der Waals surface area (Å²) in [5.74, 6) is -0.596. The molecule has 0 aromatic carbocycles. The predicted molar refractivity (Wildman–Crippen MR) is 134 cm³/mol. The van der Waals surface area contributed by atoms with Gasteiger partial charge in [-0.25, -0.2) is 19.0 Å². The number of rotatable bonds is 7. The van der Waals surface area contributed by atoms with E-state index in [1.165, 1.54) is 9.36 Å². The van der Waals surface area contributed by atoms with E-state index in [1.807, 2.05) is 11.6 Å². The van der Waals surface area contributed by atoms with E-state index >= 15 is 0 Å². The van der Waals surface area contributed by atoms with Crippen LogP contribution < -0.4 is 5.73 Å². The van der Waals surface area contributed by atoms with Crippen molar-refractivity contribution in [2.24, 2.45) is 12.8 Å². The van der Waals surface area contributed by atoms with Crippen molar-refractivity contribution in [1.29, 1.82) is 0 Å². The first-order valence-electron chi connectivity index (χ1n) is 12.3. The van der Waals surface area contributed by atoms with Crippen molar-refractivity contribution in [2.45, 2.75) is 53.0 Å². The molecular weight excluding hydrogens is 479 g/mol. The number of carbonyl (C=O) groups is 1. The lowest BCUT2D eigenvalue weighted by Crippen LogP contribution is -2.46. The number of nitrogens with zero attached hydrogens (tertiary/aromatic N) is 9. The van der Waals surface area contributed by atoms with Gasteiger partial charge >= 0.3 is 0 Å². The van der Waals surface area contributed by atoms with E-state index in [0.717, 1.165) is 19.6 Å². The largest absolute Gasteiger partial charge is 0.373 e. The normalized spacial score (nSPS) is 18.6. The second-order valence-corrected chi connectivity index (χ2v) is 9.48. The highest BCUT2D eigenvalue weighted by atomic mass is 19.1. The van der Waals surface area contributed by atoms with Crippen LogP contribution in [-0.2, 0) is 24.9 Å². The van der Waals surface area contributed by atoms with Gasteiger partial charge in [0.2, 0.25) is 5.82 Å². The Hall–Kier alpha value is -3.71. The maximum absolute atomic E-state index is 14.9. The van der Waals surface area contributed by atoms with Crippen LogP contribution in [0.15, 0.2) is 12.3 Å². The molecule has 12 nitrogen and oxygen atoms in total. The van der Waals surface area contributed by atoms with Crippen LogP contribution in [0.3, 0.4) is 0 Å². The fourth-order valence-electron chi connectivity index (χ4n) is 4.94. The van der Waals surface area contributed by atoms with Gasteiger partial charge in [-0.1, -0.05) is 0 Å². The second kappa shape index (κ2) is 9.63. The van der Waals surface area contributed by atoms with Crippen LogP contribution in [0.1, 0.15) is 37.0 Å². The number of hydrogen-bond acceptors (Lipinski definition) is 8. The number of primary amides is 1. The first kappa shape index (κ1) is 25.0. The Balaban J connectivity index is 1.55. The minimum absolute atomic E-state index is 0.0861. The van der Waals surface area contributed by atoms with Crippen LogP contribution in [0, 0.1) is 12.7 Å². The highest BCUT2D eigenvalue weighted by molar-refractivity contribution is 5.99. The summed E-state index contributed by atoms with van der Waals surface area (Å²) in [6, 6.07) is 1.64. The number of nitrogens with two attached hydrogens (primary N) is 1. The fourth-order valence-corrected chi connectivity index (χ4v) is 4.94. The van der Waals surface area contributed by atoms with Crippen molar-refractivity contribution in [3.05, 3.63) is 29.5 Å². The summed E-state index contributed by atoms with van der Waals surface area (Å²) in [6.45, 7) is 11.1. The molecule has 5 rings (SSSR count).